The highest BCUT2D eigenvalue weighted by molar-refractivity contribution is 5.78. The van der Waals surface area contributed by atoms with Crippen molar-refractivity contribution in [2.24, 2.45) is 0 Å². The lowest BCUT2D eigenvalue weighted by molar-refractivity contribution is -0.121. The van der Waals surface area contributed by atoms with Crippen LogP contribution in [0, 0.1) is 0 Å². The average Bonchev–Trinajstić information content (AvgIpc) is 3.20. The van der Waals surface area contributed by atoms with Crippen molar-refractivity contribution in [3.8, 4) is 0 Å². The first kappa shape index (κ1) is 13.8. The highest BCUT2D eigenvalue weighted by Gasteiger charge is 2.23. The molecule has 0 spiro atoms. The van der Waals surface area contributed by atoms with E-state index in [1.807, 2.05) is 0 Å². The Hall–Kier alpha value is -0.610. The number of rotatable bonds is 7. The SMILES string of the molecule is CCCCN1CCC(NC(=O)CNC2CC2)CC1. The average molecular weight is 253 g/mol. The lowest BCUT2D eigenvalue weighted by Crippen LogP contribution is -2.47. The molecule has 0 radical (unpaired) electrons. The van der Waals surface area contributed by atoms with E-state index in [4.69, 9.17) is 0 Å². The van der Waals surface area contributed by atoms with Crippen molar-refractivity contribution in [3.05, 3.63) is 0 Å². The summed E-state index contributed by atoms with van der Waals surface area (Å²) in [5.41, 5.74) is 0. The van der Waals surface area contributed by atoms with Crippen LogP contribution in [-0.2, 0) is 4.79 Å². The molecular formula is C14H27N3O. The summed E-state index contributed by atoms with van der Waals surface area (Å²) < 4.78 is 0. The van der Waals surface area contributed by atoms with E-state index in [0.717, 1.165) is 25.9 Å². The molecule has 4 heteroatoms. The standard InChI is InChI=1S/C14H27N3O/c1-2-3-8-17-9-6-13(7-10-17)16-14(18)11-15-12-4-5-12/h12-13,15H,2-11H2,1H3,(H,16,18). The van der Waals surface area contributed by atoms with Crippen LogP contribution in [0.4, 0.5) is 0 Å². The highest BCUT2D eigenvalue weighted by atomic mass is 16.2. The van der Waals surface area contributed by atoms with Crippen LogP contribution in [0.25, 0.3) is 0 Å². The van der Waals surface area contributed by atoms with E-state index in [2.05, 4.69) is 22.5 Å². The third kappa shape index (κ3) is 4.94. The van der Waals surface area contributed by atoms with Gasteiger partial charge < -0.3 is 15.5 Å². The van der Waals surface area contributed by atoms with Crippen molar-refractivity contribution in [1.82, 2.24) is 15.5 Å². The predicted molar refractivity (Wildman–Crippen MR) is 73.5 cm³/mol. The van der Waals surface area contributed by atoms with Crippen LogP contribution in [0.3, 0.4) is 0 Å². The van der Waals surface area contributed by atoms with Gasteiger partial charge in [0.25, 0.3) is 0 Å². The van der Waals surface area contributed by atoms with Crippen molar-refractivity contribution in [3.63, 3.8) is 0 Å². The molecule has 1 aliphatic carbocycles. The summed E-state index contributed by atoms with van der Waals surface area (Å²) in [6.45, 7) is 6.24. The summed E-state index contributed by atoms with van der Waals surface area (Å²) in [6, 6.07) is 1.02. The van der Waals surface area contributed by atoms with E-state index >= 15 is 0 Å². The number of likely N-dealkylation sites (tertiary alicyclic amines) is 1. The first-order chi connectivity index (χ1) is 8.78. The molecule has 1 aliphatic heterocycles. The van der Waals surface area contributed by atoms with E-state index in [-0.39, 0.29) is 5.91 Å². The topological polar surface area (TPSA) is 44.4 Å². The van der Waals surface area contributed by atoms with Crippen molar-refractivity contribution in [2.45, 2.75) is 57.5 Å². The molecule has 0 aromatic heterocycles. The van der Waals surface area contributed by atoms with Gasteiger partial charge in [-0.15, -0.1) is 0 Å². The number of hydrogen-bond donors (Lipinski definition) is 2. The Morgan fingerprint density at radius 3 is 2.50 bits per heavy atom. The molecule has 2 aliphatic rings. The minimum absolute atomic E-state index is 0.175. The fraction of sp³-hybridized carbons (Fsp3) is 0.929. The quantitative estimate of drug-likeness (QED) is 0.714. The number of hydrogen-bond acceptors (Lipinski definition) is 3. The Labute approximate surface area is 110 Å². The van der Waals surface area contributed by atoms with Gasteiger partial charge in [-0.3, -0.25) is 4.79 Å². The Balaban J connectivity index is 1.55. The molecule has 1 heterocycles. The van der Waals surface area contributed by atoms with Crippen molar-refractivity contribution in [1.29, 1.82) is 0 Å². The van der Waals surface area contributed by atoms with Crippen LogP contribution >= 0.6 is 0 Å². The van der Waals surface area contributed by atoms with Crippen molar-refractivity contribution in [2.75, 3.05) is 26.2 Å². The highest BCUT2D eigenvalue weighted by Crippen LogP contribution is 2.18. The molecule has 2 rings (SSSR count). The second-order valence-corrected chi connectivity index (χ2v) is 5.69. The fourth-order valence-electron chi connectivity index (χ4n) is 2.49. The van der Waals surface area contributed by atoms with Gasteiger partial charge in [0.15, 0.2) is 0 Å². The predicted octanol–water partition coefficient (Wildman–Crippen LogP) is 1.12. The molecule has 1 saturated heterocycles. The summed E-state index contributed by atoms with van der Waals surface area (Å²) in [4.78, 5) is 14.2. The smallest absolute Gasteiger partial charge is 0.234 e. The van der Waals surface area contributed by atoms with E-state index in [9.17, 15) is 4.79 Å². The van der Waals surface area contributed by atoms with Gasteiger partial charge in [0, 0.05) is 25.2 Å². The van der Waals surface area contributed by atoms with Crippen molar-refractivity contribution >= 4 is 5.91 Å². The molecule has 2 N–H and O–H groups in total. The third-order valence-corrected chi connectivity index (χ3v) is 3.91. The van der Waals surface area contributed by atoms with Crippen LogP contribution in [0.2, 0.25) is 0 Å². The van der Waals surface area contributed by atoms with Gasteiger partial charge in [0.1, 0.15) is 0 Å². The Bertz CT molecular complexity index is 258. The maximum Gasteiger partial charge on any atom is 0.234 e. The zero-order chi connectivity index (χ0) is 12.8. The molecule has 0 aromatic rings. The first-order valence-electron chi connectivity index (χ1n) is 7.53. The van der Waals surface area contributed by atoms with Gasteiger partial charge in [-0.25, -0.2) is 0 Å². The normalized spacial score (nSPS) is 22.1. The number of nitrogens with zero attached hydrogens (tertiary/aromatic N) is 1. The third-order valence-electron chi connectivity index (χ3n) is 3.91. The number of nitrogens with one attached hydrogen (secondary N) is 2. The van der Waals surface area contributed by atoms with Crippen LogP contribution in [0.15, 0.2) is 0 Å². The van der Waals surface area contributed by atoms with Crippen molar-refractivity contribution < 1.29 is 4.79 Å². The van der Waals surface area contributed by atoms with Gasteiger partial charge in [0.2, 0.25) is 5.91 Å². The van der Waals surface area contributed by atoms with Crippen LogP contribution in [0.1, 0.15) is 45.4 Å². The zero-order valence-corrected chi connectivity index (χ0v) is 11.6. The number of carbonyl (C=O) groups excluding carboxylic acids is 1. The monoisotopic (exact) mass is 253 g/mol. The Morgan fingerprint density at radius 2 is 1.89 bits per heavy atom. The van der Waals surface area contributed by atoms with Gasteiger partial charge in [-0.05, 0) is 38.6 Å². The summed E-state index contributed by atoms with van der Waals surface area (Å²) in [5.74, 6) is 0.175. The number of amides is 1. The Kier molecular flexibility index (Phi) is 5.45. The molecule has 0 aromatic carbocycles. The van der Waals surface area contributed by atoms with Crippen LogP contribution in [-0.4, -0.2) is 49.1 Å². The molecule has 1 amide bonds. The van der Waals surface area contributed by atoms with Gasteiger partial charge >= 0.3 is 0 Å². The second kappa shape index (κ2) is 7.10. The molecule has 0 bridgehead atoms. The van der Waals surface area contributed by atoms with Crippen LogP contribution in [0.5, 0.6) is 0 Å². The van der Waals surface area contributed by atoms with Gasteiger partial charge in [-0.1, -0.05) is 13.3 Å². The Morgan fingerprint density at radius 1 is 1.17 bits per heavy atom. The minimum atomic E-state index is 0.175. The van der Waals surface area contributed by atoms with E-state index in [1.54, 1.807) is 0 Å². The summed E-state index contributed by atoms with van der Waals surface area (Å²) in [5, 5.41) is 6.41. The fourth-order valence-corrected chi connectivity index (χ4v) is 2.49. The zero-order valence-electron chi connectivity index (χ0n) is 11.6. The molecule has 1 saturated carbocycles. The largest absolute Gasteiger partial charge is 0.352 e. The molecule has 104 valence electrons. The molecule has 0 atom stereocenters. The minimum Gasteiger partial charge on any atom is -0.352 e. The number of carbonyl (C=O) groups is 1. The molecular weight excluding hydrogens is 226 g/mol. The maximum absolute atomic E-state index is 11.7. The lowest BCUT2D eigenvalue weighted by atomic mass is 10.0. The van der Waals surface area contributed by atoms with Crippen LogP contribution < -0.4 is 10.6 Å². The van der Waals surface area contributed by atoms with E-state index in [1.165, 1.54) is 32.2 Å². The summed E-state index contributed by atoms with van der Waals surface area (Å²) in [6.07, 6.45) is 7.26. The number of piperidine rings is 1. The summed E-state index contributed by atoms with van der Waals surface area (Å²) >= 11 is 0. The lowest BCUT2D eigenvalue weighted by Gasteiger charge is -2.32. The molecule has 2 fully saturated rings. The maximum atomic E-state index is 11.7. The molecule has 0 unspecified atom stereocenters. The molecule has 18 heavy (non-hydrogen) atoms. The second-order valence-electron chi connectivity index (χ2n) is 5.69. The first-order valence-corrected chi connectivity index (χ1v) is 7.53. The molecule has 4 nitrogen and oxygen atoms in total. The van der Waals surface area contributed by atoms with Gasteiger partial charge in [-0.2, -0.15) is 0 Å². The number of unbranched alkanes of at least 4 members (excludes halogenated alkanes) is 1. The van der Waals surface area contributed by atoms with E-state index < -0.39 is 0 Å². The van der Waals surface area contributed by atoms with Gasteiger partial charge in [0.05, 0.1) is 6.54 Å². The summed E-state index contributed by atoms with van der Waals surface area (Å²) in [7, 11) is 0. The van der Waals surface area contributed by atoms with E-state index in [0.29, 0.717) is 18.6 Å².